The number of ether oxygens (including phenoxy) is 1. The van der Waals surface area contributed by atoms with E-state index < -0.39 is 0 Å². The molecule has 3 heterocycles. The first-order valence-corrected chi connectivity index (χ1v) is 7.27. The average Bonchev–Trinajstić information content (AvgIpc) is 3.07. The van der Waals surface area contributed by atoms with Crippen molar-refractivity contribution in [3.05, 3.63) is 33.6 Å². The van der Waals surface area contributed by atoms with Crippen molar-refractivity contribution >= 4 is 17.2 Å². The fraction of sp³-hybridized carbons (Fsp3) is 0.462. The van der Waals surface area contributed by atoms with E-state index >= 15 is 0 Å². The van der Waals surface area contributed by atoms with Gasteiger partial charge in [-0.15, -0.1) is 11.3 Å². The number of amides is 1. The average molecular weight is 293 g/mol. The molecule has 1 aliphatic heterocycles. The van der Waals surface area contributed by atoms with E-state index in [2.05, 4.69) is 10.1 Å². The largest absolute Gasteiger partial charge is 0.377 e. The zero-order valence-electron chi connectivity index (χ0n) is 11.3. The van der Waals surface area contributed by atoms with E-state index in [-0.39, 0.29) is 17.7 Å². The zero-order chi connectivity index (χ0) is 14.1. The summed E-state index contributed by atoms with van der Waals surface area (Å²) in [7, 11) is 0. The number of carbonyl (C=O) groups is 1. The topological polar surface area (TPSA) is 68.5 Å². The van der Waals surface area contributed by atoms with Crippen LogP contribution in [0.4, 0.5) is 0 Å². The predicted octanol–water partition coefficient (Wildman–Crippen LogP) is 1.96. The molecule has 1 fully saturated rings. The van der Waals surface area contributed by atoms with Crippen molar-refractivity contribution in [1.29, 1.82) is 0 Å². The monoisotopic (exact) mass is 293 g/mol. The lowest BCUT2D eigenvalue weighted by molar-refractivity contribution is -0.00569. The number of thiazole rings is 1. The highest BCUT2D eigenvalue weighted by molar-refractivity contribution is 7.09. The molecule has 0 bridgehead atoms. The summed E-state index contributed by atoms with van der Waals surface area (Å²) in [4.78, 5) is 18.7. The van der Waals surface area contributed by atoms with Gasteiger partial charge in [-0.25, -0.2) is 4.98 Å². The van der Waals surface area contributed by atoms with E-state index in [1.807, 2.05) is 12.3 Å². The highest BCUT2D eigenvalue weighted by atomic mass is 32.1. The lowest BCUT2D eigenvalue weighted by Crippen LogP contribution is -2.43. The number of nitrogens with zero attached hydrogens (tertiary/aromatic N) is 3. The number of aryl methyl sites for hydroxylation is 2. The number of hydrogen-bond acceptors (Lipinski definition) is 6. The first-order chi connectivity index (χ1) is 9.65. The molecule has 1 amide bonds. The number of morpholine rings is 1. The molecule has 2 aromatic heterocycles. The van der Waals surface area contributed by atoms with Gasteiger partial charge >= 0.3 is 0 Å². The van der Waals surface area contributed by atoms with Gasteiger partial charge in [0.15, 0.2) is 0 Å². The zero-order valence-corrected chi connectivity index (χ0v) is 12.1. The molecule has 2 aromatic rings. The molecule has 0 N–H and O–H groups in total. The van der Waals surface area contributed by atoms with E-state index in [9.17, 15) is 4.79 Å². The van der Waals surface area contributed by atoms with Crippen LogP contribution in [-0.4, -0.2) is 40.7 Å². The minimum atomic E-state index is -0.162. The van der Waals surface area contributed by atoms with Gasteiger partial charge in [-0.3, -0.25) is 4.79 Å². The van der Waals surface area contributed by atoms with Crippen LogP contribution in [0.25, 0.3) is 0 Å². The first kappa shape index (κ1) is 13.3. The summed E-state index contributed by atoms with van der Waals surface area (Å²) in [6.45, 7) is 5.25. The molecule has 1 aliphatic rings. The van der Waals surface area contributed by atoms with E-state index in [4.69, 9.17) is 9.26 Å². The Morgan fingerprint density at radius 2 is 2.35 bits per heavy atom. The maximum Gasteiger partial charge on any atom is 0.293 e. The molecule has 0 aliphatic carbocycles. The Morgan fingerprint density at radius 3 is 3.00 bits per heavy atom. The number of hydrogen-bond donors (Lipinski definition) is 0. The van der Waals surface area contributed by atoms with E-state index in [0.29, 0.717) is 25.5 Å². The van der Waals surface area contributed by atoms with Crippen LogP contribution in [0.5, 0.6) is 0 Å². The second-order valence-electron chi connectivity index (χ2n) is 4.71. The summed E-state index contributed by atoms with van der Waals surface area (Å²) >= 11 is 1.57. The van der Waals surface area contributed by atoms with Gasteiger partial charge in [0, 0.05) is 18.0 Å². The van der Waals surface area contributed by atoms with Crippen LogP contribution in [0, 0.1) is 13.8 Å². The van der Waals surface area contributed by atoms with Crippen LogP contribution in [0.2, 0.25) is 0 Å². The summed E-state index contributed by atoms with van der Waals surface area (Å²) in [5.74, 6) is 0.103. The van der Waals surface area contributed by atoms with Crippen LogP contribution in [0.3, 0.4) is 0 Å². The molecular weight excluding hydrogens is 278 g/mol. The van der Waals surface area contributed by atoms with Crippen molar-refractivity contribution in [1.82, 2.24) is 15.0 Å². The molecule has 1 atom stereocenters. The molecule has 0 radical (unpaired) electrons. The van der Waals surface area contributed by atoms with Gasteiger partial charge in [0.05, 0.1) is 35.7 Å². The van der Waals surface area contributed by atoms with Crippen LogP contribution in [0.15, 0.2) is 16.0 Å². The minimum absolute atomic E-state index is 0.161. The Morgan fingerprint density at radius 1 is 1.50 bits per heavy atom. The van der Waals surface area contributed by atoms with Gasteiger partial charge in [0.25, 0.3) is 5.91 Å². The normalized spacial score (nSPS) is 19.3. The van der Waals surface area contributed by atoms with Gasteiger partial charge in [-0.05, 0) is 13.8 Å². The van der Waals surface area contributed by atoms with E-state index in [1.54, 1.807) is 29.2 Å². The second-order valence-corrected chi connectivity index (χ2v) is 5.78. The summed E-state index contributed by atoms with van der Waals surface area (Å²) < 4.78 is 10.6. The Kier molecular flexibility index (Phi) is 3.54. The van der Waals surface area contributed by atoms with Crippen LogP contribution < -0.4 is 0 Å². The van der Waals surface area contributed by atoms with Crippen molar-refractivity contribution in [3.63, 3.8) is 0 Å². The Hall–Kier alpha value is -1.73. The lowest BCUT2D eigenvalue weighted by Gasteiger charge is -2.33. The summed E-state index contributed by atoms with van der Waals surface area (Å²) in [5, 5.41) is 6.72. The third kappa shape index (κ3) is 2.46. The van der Waals surface area contributed by atoms with E-state index in [0.717, 1.165) is 10.7 Å². The summed E-state index contributed by atoms with van der Waals surface area (Å²) in [6.07, 6.45) is 0. The number of carbonyl (C=O) groups excluding carboxylic acids is 1. The molecule has 7 heteroatoms. The molecule has 20 heavy (non-hydrogen) atoms. The van der Waals surface area contributed by atoms with Crippen LogP contribution in [0.1, 0.15) is 33.0 Å². The summed E-state index contributed by atoms with van der Waals surface area (Å²) in [5.41, 5.74) is 1.57. The molecule has 0 unspecified atom stereocenters. The third-order valence-corrected chi connectivity index (χ3v) is 4.00. The van der Waals surface area contributed by atoms with Crippen molar-refractivity contribution in [2.24, 2.45) is 0 Å². The quantitative estimate of drug-likeness (QED) is 0.846. The van der Waals surface area contributed by atoms with Gasteiger partial charge < -0.3 is 14.2 Å². The highest BCUT2D eigenvalue weighted by Crippen LogP contribution is 2.27. The molecule has 106 valence electrons. The third-order valence-electron chi connectivity index (χ3n) is 3.21. The van der Waals surface area contributed by atoms with Crippen molar-refractivity contribution < 1.29 is 14.1 Å². The minimum Gasteiger partial charge on any atom is -0.377 e. The van der Waals surface area contributed by atoms with Crippen molar-refractivity contribution in [3.8, 4) is 0 Å². The molecular formula is C13H15N3O3S. The van der Waals surface area contributed by atoms with Gasteiger partial charge in [0.2, 0.25) is 5.76 Å². The standard InChI is InChI=1S/C13H15N3O3S/c1-8-5-12(19-15-8)13(17)16-3-4-18-6-11(16)10-7-20-9(2)14-10/h5,7,11H,3-4,6H2,1-2H3/t11-/m1/s1. The smallest absolute Gasteiger partial charge is 0.293 e. The molecule has 6 nitrogen and oxygen atoms in total. The first-order valence-electron chi connectivity index (χ1n) is 6.39. The SMILES string of the molecule is Cc1cc(C(=O)N2CCOC[C@@H]2c2csc(C)n2)on1. The van der Waals surface area contributed by atoms with Crippen molar-refractivity contribution in [2.45, 2.75) is 19.9 Å². The van der Waals surface area contributed by atoms with Gasteiger partial charge in [-0.2, -0.15) is 0 Å². The Balaban J connectivity index is 1.87. The highest BCUT2D eigenvalue weighted by Gasteiger charge is 2.32. The molecule has 0 aromatic carbocycles. The molecule has 0 spiro atoms. The fourth-order valence-corrected chi connectivity index (χ4v) is 2.89. The summed E-state index contributed by atoms with van der Waals surface area (Å²) in [6, 6.07) is 1.49. The maximum absolute atomic E-state index is 12.5. The Labute approximate surface area is 120 Å². The lowest BCUT2D eigenvalue weighted by atomic mass is 10.1. The molecule has 0 saturated carbocycles. The number of aromatic nitrogens is 2. The van der Waals surface area contributed by atoms with Crippen molar-refractivity contribution in [2.75, 3.05) is 19.8 Å². The second kappa shape index (κ2) is 5.34. The van der Waals surface area contributed by atoms with E-state index in [1.165, 1.54) is 0 Å². The van der Waals surface area contributed by atoms with Crippen LogP contribution >= 0.6 is 11.3 Å². The number of rotatable bonds is 2. The predicted molar refractivity (Wildman–Crippen MR) is 72.7 cm³/mol. The van der Waals surface area contributed by atoms with Crippen LogP contribution in [-0.2, 0) is 4.74 Å². The molecule has 1 saturated heterocycles. The van der Waals surface area contributed by atoms with Gasteiger partial charge in [0.1, 0.15) is 0 Å². The maximum atomic E-state index is 12.5. The molecule has 3 rings (SSSR count). The Bertz CT molecular complexity index is 622. The fourth-order valence-electron chi connectivity index (χ4n) is 2.23. The van der Waals surface area contributed by atoms with Gasteiger partial charge in [-0.1, -0.05) is 5.16 Å².